The van der Waals surface area contributed by atoms with Gasteiger partial charge >= 0.3 is 0 Å². The lowest BCUT2D eigenvalue weighted by Gasteiger charge is -2.22. The van der Waals surface area contributed by atoms with Crippen LogP contribution in [0.15, 0.2) is 20.0 Å². The Bertz CT molecular complexity index is 555. The van der Waals surface area contributed by atoms with Crippen molar-refractivity contribution < 1.29 is 17.6 Å². The highest BCUT2D eigenvalue weighted by Crippen LogP contribution is 2.26. The molecular formula is C13H23BrN2O4S. The first-order valence-electron chi connectivity index (χ1n) is 6.75. The van der Waals surface area contributed by atoms with E-state index < -0.39 is 15.6 Å². The summed E-state index contributed by atoms with van der Waals surface area (Å²) in [5.74, 6) is 0.571. The lowest BCUT2D eigenvalue weighted by atomic mass is 10.1. The Morgan fingerprint density at radius 3 is 2.67 bits per heavy atom. The van der Waals surface area contributed by atoms with E-state index in [0.29, 0.717) is 12.3 Å². The molecule has 1 heterocycles. The van der Waals surface area contributed by atoms with Crippen LogP contribution < -0.4 is 10.0 Å². The molecule has 122 valence electrons. The third kappa shape index (κ3) is 5.71. The molecule has 0 aliphatic rings. The molecule has 0 aromatic carbocycles. The van der Waals surface area contributed by atoms with Gasteiger partial charge in [0.25, 0.3) is 0 Å². The van der Waals surface area contributed by atoms with Crippen molar-refractivity contribution in [1.29, 1.82) is 0 Å². The molecule has 0 atom stereocenters. The predicted molar refractivity (Wildman–Crippen MR) is 84.7 cm³/mol. The summed E-state index contributed by atoms with van der Waals surface area (Å²) in [7, 11) is -2.10. The third-order valence-electron chi connectivity index (χ3n) is 2.96. The summed E-state index contributed by atoms with van der Waals surface area (Å²) >= 11 is 3.15. The van der Waals surface area contributed by atoms with E-state index in [1.165, 1.54) is 6.07 Å². The normalized spacial score (nSPS) is 12.8. The van der Waals surface area contributed by atoms with Crippen molar-refractivity contribution in [3.8, 4) is 0 Å². The molecule has 0 bridgehead atoms. The maximum Gasteiger partial charge on any atom is 0.245 e. The van der Waals surface area contributed by atoms with Crippen LogP contribution >= 0.6 is 15.9 Å². The largest absolute Gasteiger partial charge is 0.452 e. The lowest BCUT2D eigenvalue weighted by molar-refractivity contribution is 0.0276. The summed E-state index contributed by atoms with van der Waals surface area (Å²) in [5.41, 5.74) is -0.575. The average molecular weight is 383 g/mol. The highest BCUT2D eigenvalue weighted by molar-refractivity contribution is 9.10. The molecule has 0 saturated carbocycles. The molecule has 0 aliphatic heterocycles. The van der Waals surface area contributed by atoms with Gasteiger partial charge in [0.1, 0.15) is 10.7 Å². The van der Waals surface area contributed by atoms with Crippen LogP contribution in [0.2, 0.25) is 0 Å². The fourth-order valence-corrected chi connectivity index (χ4v) is 3.67. The number of halogens is 1. The van der Waals surface area contributed by atoms with Gasteiger partial charge in [0, 0.05) is 19.7 Å². The van der Waals surface area contributed by atoms with E-state index in [-0.39, 0.29) is 16.1 Å². The maximum absolute atomic E-state index is 12.3. The lowest BCUT2D eigenvalue weighted by Crippen LogP contribution is -2.39. The van der Waals surface area contributed by atoms with Crippen molar-refractivity contribution in [2.45, 2.75) is 44.2 Å². The van der Waals surface area contributed by atoms with Crippen LogP contribution in [0.1, 0.15) is 33.0 Å². The van der Waals surface area contributed by atoms with Gasteiger partial charge in [-0.25, -0.2) is 13.1 Å². The Morgan fingerprint density at radius 2 is 2.10 bits per heavy atom. The molecule has 1 aromatic heterocycles. The zero-order valence-electron chi connectivity index (χ0n) is 12.8. The number of hydrogen-bond donors (Lipinski definition) is 2. The number of hydrogen-bond acceptors (Lipinski definition) is 5. The Labute approximate surface area is 134 Å². The molecule has 8 heteroatoms. The van der Waals surface area contributed by atoms with Crippen LogP contribution in [0.4, 0.5) is 0 Å². The van der Waals surface area contributed by atoms with Gasteiger partial charge in [-0.15, -0.1) is 0 Å². The van der Waals surface area contributed by atoms with Crippen LogP contribution in [-0.4, -0.2) is 34.2 Å². The highest BCUT2D eigenvalue weighted by atomic mass is 79.9. The predicted octanol–water partition coefficient (Wildman–Crippen LogP) is 2.25. The first-order chi connectivity index (χ1) is 9.72. The fourth-order valence-electron chi connectivity index (χ4n) is 1.48. The van der Waals surface area contributed by atoms with Gasteiger partial charge in [-0.05, 0) is 42.7 Å². The van der Waals surface area contributed by atoms with Crippen molar-refractivity contribution in [2.75, 3.05) is 20.2 Å². The summed E-state index contributed by atoms with van der Waals surface area (Å²) in [5, 5.41) is 3.16. The Hall–Kier alpha value is -0.410. The molecule has 21 heavy (non-hydrogen) atoms. The second-order valence-electron chi connectivity index (χ2n) is 5.32. The molecule has 0 spiro atoms. The van der Waals surface area contributed by atoms with Gasteiger partial charge in [-0.2, -0.15) is 0 Å². The van der Waals surface area contributed by atoms with Crippen molar-refractivity contribution in [3.63, 3.8) is 0 Å². The van der Waals surface area contributed by atoms with E-state index in [4.69, 9.17) is 9.15 Å². The molecule has 6 nitrogen and oxygen atoms in total. The van der Waals surface area contributed by atoms with E-state index in [9.17, 15) is 8.42 Å². The minimum Gasteiger partial charge on any atom is -0.452 e. The summed E-state index contributed by atoms with van der Waals surface area (Å²) in [4.78, 5) is 0.0997. The van der Waals surface area contributed by atoms with Gasteiger partial charge in [-0.1, -0.05) is 6.92 Å². The van der Waals surface area contributed by atoms with Crippen molar-refractivity contribution in [2.24, 2.45) is 0 Å². The zero-order chi connectivity index (χ0) is 16.1. The molecule has 0 unspecified atom stereocenters. The molecule has 1 rings (SSSR count). The van der Waals surface area contributed by atoms with E-state index in [0.717, 1.165) is 13.0 Å². The van der Waals surface area contributed by atoms with Gasteiger partial charge in [0.05, 0.1) is 12.1 Å². The molecule has 0 fully saturated rings. The Morgan fingerprint density at radius 1 is 1.43 bits per heavy atom. The number of furan rings is 1. The number of ether oxygens (including phenoxy) is 1. The highest BCUT2D eigenvalue weighted by Gasteiger charge is 2.25. The molecular weight excluding hydrogens is 360 g/mol. The fraction of sp³-hybridized carbons (Fsp3) is 0.692. The molecule has 0 amide bonds. The van der Waals surface area contributed by atoms with Crippen LogP contribution in [0.25, 0.3) is 0 Å². The monoisotopic (exact) mass is 382 g/mol. The van der Waals surface area contributed by atoms with Crippen molar-refractivity contribution >= 4 is 26.0 Å². The minimum atomic E-state index is -3.64. The van der Waals surface area contributed by atoms with Crippen molar-refractivity contribution in [3.05, 3.63) is 16.5 Å². The smallest absolute Gasteiger partial charge is 0.245 e. The van der Waals surface area contributed by atoms with Gasteiger partial charge in [-0.3, -0.25) is 0 Å². The summed E-state index contributed by atoms with van der Waals surface area (Å²) < 4.78 is 37.9. The molecule has 2 N–H and O–H groups in total. The zero-order valence-corrected chi connectivity index (χ0v) is 15.2. The summed E-state index contributed by atoms with van der Waals surface area (Å²) in [6.07, 6.45) is 1.00. The topological polar surface area (TPSA) is 80.6 Å². The van der Waals surface area contributed by atoms with Crippen LogP contribution in [0, 0.1) is 0 Å². The second kappa shape index (κ2) is 7.73. The molecule has 0 saturated heterocycles. The standard InChI is InChI=1S/C13H23BrN2O4S/c1-5-6-15-8-10-7-11(12(14)20-10)21(17,18)16-9-13(2,3)19-4/h7,15-16H,5-6,8-9H2,1-4H3. The average Bonchev–Trinajstić information content (AvgIpc) is 2.79. The SMILES string of the molecule is CCCNCc1cc(S(=O)(=O)NCC(C)(C)OC)c(Br)o1. The van der Waals surface area contributed by atoms with E-state index in [2.05, 4.69) is 32.9 Å². The first-order valence-corrected chi connectivity index (χ1v) is 9.03. The summed E-state index contributed by atoms with van der Waals surface area (Å²) in [6, 6.07) is 1.52. The Balaban J connectivity index is 2.79. The molecule has 1 aromatic rings. The van der Waals surface area contributed by atoms with Gasteiger partial charge in [0.2, 0.25) is 10.0 Å². The summed E-state index contributed by atoms with van der Waals surface area (Å²) in [6.45, 7) is 7.18. The second-order valence-corrected chi connectivity index (χ2v) is 7.77. The number of rotatable bonds is 9. The van der Waals surface area contributed by atoms with Crippen molar-refractivity contribution in [1.82, 2.24) is 10.0 Å². The van der Waals surface area contributed by atoms with Gasteiger partial charge < -0.3 is 14.5 Å². The van der Waals surface area contributed by atoms with Crippen LogP contribution in [-0.2, 0) is 21.3 Å². The van der Waals surface area contributed by atoms with Gasteiger partial charge in [0.15, 0.2) is 4.67 Å². The maximum atomic E-state index is 12.3. The quantitative estimate of drug-likeness (QED) is 0.640. The molecule has 0 aliphatic carbocycles. The first kappa shape index (κ1) is 18.6. The van der Waals surface area contributed by atoms with E-state index >= 15 is 0 Å². The Kier molecular flexibility index (Phi) is 6.86. The van der Waals surface area contributed by atoms with E-state index in [1.54, 1.807) is 21.0 Å². The number of nitrogens with one attached hydrogen (secondary N) is 2. The van der Waals surface area contributed by atoms with E-state index in [1.807, 2.05) is 0 Å². The van der Waals surface area contributed by atoms with Crippen LogP contribution in [0.5, 0.6) is 0 Å². The third-order valence-corrected chi connectivity index (χ3v) is 5.22. The number of methoxy groups -OCH3 is 1. The number of sulfonamides is 1. The molecule has 0 radical (unpaired) electrons. The van der Waals surface area contributed by atoms with Crippen LogP contribution in [0.3, 0.4) is 0 Å². The minimum absolute atomic E-state index is 0.0997.